The summed E-state index contributed by atoms with van der Waals surface area (Å²) in [5.74, 6) is 0.729. The molecule has 0 saturated carbocycles. The Hall–Kier alpha value is -1.52. The highest BCUT2D eigenvalue weighted by Gasteiger charge is 2.13. The Morgan fingerprint density at radius 3 is 2.59 bits per heavy atom. The van der Waals surface area contributed by atoms with E-state index in [2.05, 4.69) is 25.6 Å². The molecule has 2 aromatic rings. The van der Waals surface area contributed by atoms with Gasteiger partial charge in [-0.25, -0.2) is 4.98 Å². The van der Waals surface area contributed by atoms with Gasteiger partial charge in [-0.1, -0.05) is 0 Å². The molecule has 0 fully saturated rings. The molecule has 0 aromatic carbocycles. The van der Waals surface area contributed by atoms with Crippen molar-refractivity contribution in [3.05, 3.63) is 22.6 Å². The van der Waals surface area contributed by atoms with Crippen LogP contribution in [0.2, 0.25) is 0 Å². The minimum absolute atomic E-state index is 0.565. The largest absolute Gasteiger partial charge is 0.213 e. The molecule has 0 saturated heterocycles. The number of nitrogens with zero attached hydrogens (tertiary/aromatic N) is 5. The van der Waals surface area contributed by atoms with E-state index in [1.54, 1.807) is 0 Å². The van der Waals surface area contributed by atoms with Crippen LogP contribution in [-0.4, -0.2) is 19.6 Å². The number of rotatable bonds is 2. The first-order chi connectivity index (χ1) is 8.11. The molecule has 2 rings (SSSR count). The molecule has 0 N–H and O–H groups in total. The second-order valence-electron chi connectivity index (χ2n) is 3.41. The SMILES string of the molecule is Cc1nsc(Sc2nnc(C)c(C)c2C#N)n1. The zero-order valence-corrected chi connectivity index (χ0v) is 11.2. The third-order valence-corrected chi connectivity index (χ3v) is 4.05. The summed E-state index contributed by atoms with van der Waals surface area (Å²) in [6.45, 7) is 5.54. The average Bonchev–Trinajstić information content (AvgIpc) is 2.70. The van der Waals surface area contributed by atoms with Crippen molar-refractivity contribution in [1.82, 2.24) is 19.6 Å². The van der Waals surface area contributed by atoms with Crippen molar-refractivity contribution < 1.29 is 0 Å². The van der Waals surface area contributed by atoms with Crippen LogP contribution < -0.4 is 0 Å². The normalized spacial score (nSPS) is 10.2. The number of aromatic nitrogens is 4. The lowest BCUT2D eigenvalue weighted by Crippen LogP contribution is -1.98. The van der Waals surface area contributed by atoms with Crippen LogP contribution in [0, 0.1) is 32.1 Å². The third-order valence-electron chi connectivity index (χ3n) is 2.23. The Labute approximate surface area is 107 Å². The summed E-state index contributed by atoms with van der Waals surface area (Å²) >= 11 is 2.63. The van der Waals surface area contributed by atoms with Gasteiger partial charge in [0.15, 0.2) is 4.34 Å². The minimum atomic E-state index is 0.565. The summed E-state index contributed by atoms with van der Waals surface area (Å²) in [5, 5.41) is 17.8. The number of hydrogen-bond acceptors (Lipinski definition) is 7. The highest BCUT2D eigenvalue weighted by atomic mass is 32.2. The average molecular weight is 263 g/mol. The third kappa shape index (κ3) is 2.43. The topological polar surface area (TPSA) is 75.3 Å². The lowest BCUT2D eigenvalue weighted by atomic mass is 10.1. The van der Waals surface area contributed by atoms with E-state index in [0.29, 0.717) is 10.6 Å². The molecule has 0 atom stereocenters. The summed E-state index contributed by atoms with van der Waals surface area (Å²) in [6, 6.07) is 2.16. The molecule has 5 nitrogen and oxygen atoms in total. The van der Waals surface area contributed by atoms with E-state index in [1.807, 2.05) is 20.8 Å². The summed E-state index contributed by atoms with van der Waals surface area (Å²) in [6.07, 6.45) is 0. The Morgan fingerprint density at radius 1 is 1.24 bits per heavy atom. The van der Waals surface area contributed by atoms with Gasteiger partial charge in [0.05, 0.1) is 11.3 Å². The lowest BCUT2D eigenvalue weighted by Gasteiger charge is -2.04. The van der Waals surface area contributed by atoms with E-state index in [0.717, 1.165) is 21.4 Å². The van der Waals surface area contributed by atoms with Crippen LogP contribution in [0.1, 0.15) is 22.6 Å². The van der Waals surface area contributed by atoms with Crippen LogP contribution >= 0.6 is 23.3 Å². The van der Waals surface area contributed by atoms with Crippen LogP contribution in [0.5, 0.6) is 0 Å². The second kappa shape index (κ2) is 4.77. The Bertz CT molecular complexity index is 599. The molecule has 2 aromatic heterocycles. The Balaban J connectivity index is 2.40. The zero-order chi connectivity index (χ0) is 12.4. The van der Waals surface area contributed by atoms with Gasteiger partial charge in [0, 0.05) is 0 Å². The standard InChI is InChI=1S/C10H9N5S2/c1-5-6(2)13-14-9(8(5)4-11)16-10-12-7(3)15-17-10/h1-3H3. The molecule has 0 unspecified atom stereocenters. The van der Waals surface area contributed by atoms with Crippen LogP contribution in [0.3, 0.4) is 0 Å². The maximum absolute atomic E-state index is 9.14. The Kier molecular flexibility index (Phi) is 3.36. The van der Waals surface area contributed by atoms with Crippen LogP contribution in [-0.2, 0) is 0 Å². The molecule has 0 aliphatic carbocycles. The highest BCUT2D eigenvalue weighted by Crippen LogP contribution is 2.30. The summed E-state index contributed by atoms with van der Waals surface area (Å²) in [7, 11) is 0. The summed E-state index contributed by atoms with van der Waals surface area (Å²) in [4.78, 5) is 4.23. The molecule has 2 heterocycles. The van der Waals surface area contributed by atoms with Crippen molar-refractivity contribution in [2.75, 3.05) is 0 Å². The van der Waals surface area contributed by atoms with Gasteiger partial charge in [-0.05, 0) is 49.6 Å². The monoisotopic (exact) mass is 263 g/mol. The maximum atomic E-state index is 9.14. The number of nitriles is 1. The van der Waals surface area contributed by atoms with Crippen molar-refractivity contribution in [2.24, 2.45) is 0 Å². The van der Waals surface area contributed by atoms with Gasteiger partial charge < -0.3 is 0 Å². The fourth-order valence-corrected chi connectivity index (χ4v) is 2.84. The van der Waals surface area contributed by atoms with Crippen molar-refractivity contribution >= 4 is 23.3 Å². The van der Waals surface area contributed by atoms with Gasteiger partial charge in [-0.2, -0.15) is 14.7 Å². The van der Waals surface area contributed by atoms with Gasteiger partial charge in [-0.3, -0.25) is 0 Å². The zero-order valence-electron chi connectivity index (χ0n) is 9.55. The first-order valence-electron chi connectivity index (χ1n) is 4.84. The molecule has 0 aliphatic heterocycles. The molecule has 0 radical (unpaired) electrons. The minimum Gasteiger partial charge on any atom is -0.213 e. The molecule has 0 amide bonds. The quantitative estimate of drug-likeness (QED) is 0.827. The fraction of sp³-hybridized carbons (Fsp3) is 0.300. The van der Waals surface area contributed by atoms with Gasteiger partial charge in [0.25, 0.3) is 0 Å². The molecule has 86 valence electrons. The summed E-state index contributed by atoms with van der Waals surface area (Å²) in [5.41, 5.74) is 2.21. The van der Waals surface area contributed by atoms with Gasteiger partial charge >= 0.3 is 0 Å². The van der Waals surface area contributed by atoms with E-state index >= 15 is 0 Å². The van der Waals surface area contributed by atoms with Crippen LogP contribution in [0.15, 0.2) is 9.37 Å². The predicted octanol–water partition coefficient (Wildman–Crippen LogP) is 2.28. The van der Waals surface area contributed by atoms with E-state index in [-0.39, 0.29) is 0 Å². The lowest BCUT2D eigenvalue weighted by molar-refractivity contribution is 0.870. The summed E-state index contributed by atoms with van der Waals surface area (Å²) < 4.78 is 4.86. The van der Waals surface area contributed by atoms with Gasteiger partial charge in [0.2, 0.25) is 0 Å². The first kappa shape index (κ1) is 12.0. The maximum Gasteiger partial charge on any atom is 0.176 e. The molecule has 0 spiro atoms. The Morgan fingerprint density at radius 2 is 2.00 bits per heavy atom. The fourth-order valence-electron chi connectivity index (χ4n) is 1.19. The van der Waals surface area contributed by atoms with Gasteiger partial charge in [-0.15, -0.1) is 5.10 Å². The smallest absolute Gasteiger partial charge is 0.176 e. The van der Waals surface area contributed by atoms with E-state index < -0.39 is 0 Å². The van der Waals surface area contributed by atoms with Crippen molar-refractivity contribution in [3.8, 4) is 6.07 Å². The van der Waals surface area contributed by atoms with E-state index in [4.69, 9.17) is 5.26 Å². The molecule has 0 bridgehead atoms. The highest BCUT2D eigenvalue weighted by molar-refractivity contribution is 8.00. The van der Waals surface area contributed by atoms with Crippen molar-refractivity contribution in [1.29, 1.82) is 5.26 Å². The molecule has 0 aliphatic rings. The van der Waals surface area contributed by atoms with Gasteiger partial charge in [0.1, 0.15) is 16.9 Å². The predicted molar refractivity (Wildman–Crippen MR) is 65.0 cm³/mol. The van der Waals surface area contributed by atoms with E-state index in [9.17, 15) is 0 Å². The number of hydrogen-bond donors (Lipinski definition) is 0. The second-order valence-corrected chi connectivity index (χ2v) is 5.40. The van der Waals surface area contributed by atoms with E-state index in [1.165, 1.54) is 23.3 Å². The number of aryl methyl sites for hydroxylation is 2. The molecular weight excluding hydrogens is 254 g/mol. The van der Waals surface area contributed by atoms with Crippen molar-refractivity contribution in [2.45, 2.75) is 30.1 Å². The molecule has 7 heteroatoms. The van der Waals surface area contributed by atoms with Crippen LogP contribution in [0.4, 0.5) is 0 Å². The van der Waals surface area contributed by atoms with Crippen molar-refractivity contribution in [3.63, 3.8) is 0 Å². The molecular formula is C10H9N5S2. The van der Waals surface area contributed by atoms with Crippen LogP contribution in [0.25, 0.3) is 0 Å². The molecule has 17 heavy (non-hydrogen) atoms. The first-order valence-corrected chi connectivity index (χ1v) is 6.43.